The third kappa shape index (κ3) is 3.47. The number of hydrogen-bond acceptors (Lipinski definition) is 6. The van der Waals surface area contributed by atoms with Crippen molar-refractivity contribution in [2.24, 2.45) is 4.99 Å². The van der Waals surface area contributed by atoms with Gasteiger partial charge in [0, 0.05) is 40.3 Å². The second-order valence-corrected chi connectivity index (χ2v) is 4.50. The number of carbonyl (C=O) groups is 1. The fourth-order valence-corrected chi connectivity index (χ4v) is 1.78. The van der Waals surface area contributed by atoms with Gasteiger partial charge in [0.05, 0.1) is 12.5 Å². The zero-order valence-electron chi connectivity index (χ0n) is 11.2. The lowest BCUT2D eigenvalue weighted by Gasteiger charge is -2.28. The minimum Gasteiger partial charge on any atom is -0.369 e. The van der Waals surface area contributed by atoms with E-state index in [-0.39, 0.29) is 5.69 Å². The molecule has 0 atom stereocenters. The summed E-state index contributed by atoms with van der Waals surface area (Å²) in [5.74, 6) is 1.08. The van der Waals surface area contributed by atoms with Crippen molar-refractivity contribution in [2.75, 3.05) is 45.2 Å². The van der Waals surface area contributed by atoms with Gasteiger partial charge in [-0.15, -0.1) is 0 Å². The van der Waals surface area contributed by atoms with Crippen LogP contribution in [-0.2, 0) is 0 Å². The van der Waals surface area contributed by atoms with Gasteiger partial charge in [0.2, 0.25) is 0 Å². The Balaban J connectivity index is 2.22. The Morgan fingerprint density at radius 3 is 2.79 bits per heavy atom. The molecule has 1 fully saturated rings. The highest BCUT2D eigenvalue weighted by Gasteiger charge is 2.14. The smallest absolute Gasteiger partial charge is 0.183 e. The molecular formula is C12H18N6O. The zero-order chi connectivity index (χ0) is 13.7. The molecule has 0 amide bonds. The Morgan fingerprint density at radius 2 is 2.16 bits per heavy atom. The highest BCUT2D eigenvalue weighted by Crippen LogP contribution is 2.17. The van der Waals surface area contributed by atoms with Crippen LogP contribution in [0.25, 0.3) is 0 Å². The lowest BCUT2D eigenvalue weighted by atomic mass is 10.3. The summed E-state index contributed by atoms with van der Waals surface area (Å²) in [7, 11) is 3.71. The molecule has 19 heavy (non-hydrogen) atoms. The molecule has 1 N–H and O–H groups in total. The fraction of sp³-hybridized carbons (Fsp3) is 0.500. The van der Waals surface area contributed by atoms with Gasteiger partial charge in [0.15, 0.2) is 12.1 Å². The van der Waals surface area contributed by atoms with E-state index in [1.54, 1.807) is 17.4 Å². The summed E-state index contributed by atoms with van der Waals surface area (Å²) in [6.07, 6.45) is 3.96. The first kappa shape index (κ1) is 13.4. The number of hydrogen-bond donors (Lipinski definition) is 1. The number of aliphatic imine (C=N–C) groups is 1. The second-order valence-electron chi connectivity index (χ2n) is 4.50. The van der Waals surface area contributed by atoms with Crippen molar-refractivity contribution in [2.45, 2.75) is 0 Å². The van der Waals surface area contributed by atoms with Crippen molar-refractivity contribution < 1.29 is 4.79 Å². The Hall–Kier alpha value is -2.02. The molecule has 7 heteroatoms. The lowest BCUT2D eigenvalue weighted by molar-refractivity contribution is 0.111. The number of aromatic nitrogens is 2. The van der Waals surface area contributed by atoms with Gasteiger partial charge in [0.1, 0.15) is 11.5 Å². The molecule has 0 aliphatic carbocycles. The van der Waals surface area contributed by atoms with E-state index in [1.807, 2.05) is 14.1 Å². The number of nitrogens with zero attached hydrogens (tertiary/aromatic N) is 5. The maximum Gasteiger partial charge on any atom is 0.183 e. The van der Waals surface area contributed by atoms with E-state index in [4.69, 9.17) is 0 Å². The van der Waals surface area contributed by atoms with Gasteiger partial charge in [-0.2, -0.15) is 0 Å². The first-order valence-electron chi connectivity index (χ1n) is 6.19. The number of aldehydes is 1. The minimum absolute atomic E-state index is 0.272. The fourth-order valence-electron chi connectivity index (χ4n) is 1.78. The van der Waals surface area contributed by atoms with Gasteiger partial charge in [-0.3, -0.25) is 4.79 Å². The normalized spacial score (nSPS) is 15.8. The molecule has 0 aromatic carbocycles. The van der Waals surface area contributed by atoms with E-state index in [0.29, 0.717) is 12.1 Å². The predicted molar refractivity (Wildman–Crippen MR) is 74.3 cm³/mol. The van der Waals surface area contributed by atoms with Crippen LogP contribution in [0.2, 0.25) is 0 Å². The number of carbonyl (C=O) groups excluding carboxylic acids is 1. The first-order valence-corrected chi connectivity index (χ1v) is 6.19. The topological polar surface area (TPSA) is 73.7 Å². The molecule has 0 bridgehead atoms. The molecular weight excluding hydrogens is 244 g/mol. The Kier molecular flexibility index (Phi) is 4.40. The maximum absolute atomic E-state index is 11.1. The third-order valence-electron chi connectivity index (χ3n) is 2.73. The number of nitrogens with one attached hydrogen (secondary N) is 1. The molecule has 0 spiro atoms. The highest BCUT2D eigenvalue weighted by molar-refractivity contribution is 5.80. The van der Waals surface area contributed by atoms with E-state index in [2.05, 4.69) is 25.2 Å². The monoisotopic (exact) mass is 262 g/mol. The molecule has 2 rings (SSSR count). The summed E-state index contributed by atoms with van der Waals surface area (Å²) >= 11 is 0. The van der Waals surface area contributed by atoms with Crippen molar-refractivity contribution in [3.8, 4) is 0 Å². The molecule has 1 aromatic rings. The van der Waals surface area contributed by atoms with E-state index in [9.17, 15) is 4.79 Å². The van der Waals surface area contributed by atoms with E-state index >= 15 is 0 Å². The Labute approximate surface area is 112 Å². The number of anilines is 1. The van der Waals surface area contributed by atoms with Crippen LogP contribution in [0.15, 0.2) is 11.2 Å². The van der Waals surface area contributed by atoms with Crippen LogP contribution in [0.3, 0.4) is 0 Å². The van der Waals surface area contributed by atoms with Crippen molar-refractivity contribution in [1.29, 1.82) is 0 Å². The molecule has 1 aliphatic heterocycles. The van der Waals surface area contributed by atoms with Crippen LogP contribution in [0, 0.1) is 0 Å². The molecule has 102 valence electrons. The quantitative estimate of drug-likeness (QED) is 0.465. The van der Waals surface area contributed by atoms with Crippen LogP contribution in [0.1, 0.15) is 10.5 Å². The SMILES string of the molecule is CN(C)C=Nc1ncc(N2CCNCC2)nc1C=O. The molecule has 1 saturated heterocycles. The maximum atomic E-state index is 11.1. The van der Waals surface area contributed by atoms with Crippen molar-refractivity contribution in [1.82, 2.24) is 20.2 Å². The first-order chi connectivity index (χ1) is 9.20. The number of rotatable bonds is 4. The van der Waals surface area contributed by atoms with E-state index in [1.165, 1.54) is 0 Å². The van der Waals surface area contributed by atoms with Crippen LogP contribution in [-0.4, -0.2) is 67.8 Å². The van der Waals surface area contributed by atoms with Gasteiger partial charge in [-0.1, -0.05) is 0 Å². The average molecular weight is 262 g/mol. The van der Waals surface area contributed by atoms with Gasteiger partial charge < -0.3 is 15.1 Å². The second kappa shape index (κ2) is 6.24. The molecule has 7 nitrogen and oxygen atoms in total. The lowest BCUT2D eigenvalue weighted by Crippen LogP contribution is -2.44. The van der Waals surface area contributed by atoms with Gasteiger partial charge in [-0.25, -0.2) is 15.0 Å². The third-order valence-corrected chi connectivity index (χ3v) is 2.73. The molecule has 0 unspecified atom stereocenters. The Morgan fingerprint density at radius 1 is 1.42 bits per heavy atom. The minimum atomic E-state index is 0.272. The van der Waals surface area contributed by atoms with Crippen molar-refractivity contribution >= 4 is 24.3 Å². The summed E-state index contributed by atoms with van der Waals surface area (Å²) in [6.45, 7) is 3.57. The average Bonchev–Trinajstić information content (AvgIpc) is 2.45. The highest BCUT2D eigenvalue weighted by atomic mass is 16.1. The molecule has 0 saturated carbocycles. The van der Waals surface area contributed by atoms with Crippen LogP contribution < -0.4 is 10.2 Å². The summed E-state index contributed by atoms with van der Waals surface area (Å²) in [5.41, 5.74) is 0.272. The molecule has 1 aliphatic rings. The standard InChI is InChI=1S/C12H18N6O/c1-17(2)9-15-12-10(8-19)16-11(7-14-12)18-5-3-13-4-6-18/h7-9,13H,3-6H2,1-2H3. The van der Waals surface area contributed by atoms with Crippen molar-refractivity contribution in [3.63, 3.8) is 0 Å². The van der Waals surface area contributed by atoms with E-state index < -0.39 is 0 Å². The Bertz CT molecular complexity index is 467. The van der Waals surface area contributed by atoms with Gasteiger partial charge in [0.25, 0.3) is 0 Å². The van der Waals surface area contributed by atoms with E-state index in [0.717, 1.165) is 32.0 Å². The summed E-state index contributed by atoms with van der Waals surface area (Å²) < 4.78 is 0. The van der Waals surface area contributed by atoms with Crippen LogP contribution in [0.4, 0.5) is 11.6 Å². The number of piperazine rings is 1. The molecule has 1 aromatic heterocycles. The predicted octanol–water partition coefficient (Wildman–Crippen LogP) is -0.0799. The molecule has 2 heterocycles. The van der Waals surface area contributed by atoms with Gasteiger partial charge in [-0.05, 0) is 0 Å². The van der Waals surface area contributed by atoms with Crippen molar-refractivity contribution in [3.05, 3.63) is 11.9 Å². The zero-order valence-corrected chi connectivity index (χ0v) is 11.2. The summed E-state index contributed by atoms with van der Waals surface area (Å²) in [5, 5.41) is 3.27. The van der Waals surface area contributed by atoms with Crippen LogP contribution >= 0.6 is 0 Å². The largest absolute Gasteiger partial charge is 0.369 e. The van der Waals surface area contributed by atoms with Gasteiger partial charge >= 0.3 is 0 Å². The van der Waals surface area contributed by atoms with Crippen LogP contribution in [0.5, 0.6) is 0 Å². The summed E-state index contributed by atoms with van der Waals surface area (Å²) in [4.78, 5) is 27.6. The summed E-state index contributed by atoms with van der Waals surface area (Å²) in [6, 6.07) is 0. The molecule has 0 radical (unpaired) electrons.